The molecule has 96 valence electrons. The van der Waals surface area contributed by atoms with E-state index in [-0.39, 0.29) is 0 Å². The minimum absolute atomic E-state index is 0.357. The summed E-state index contributed by atoms with van der Waals surface area (Å²) in [4.78, 5) is 4.17. The number of rotatable bonds is 4. The Morgan fingerprint density at radius 2 is 2.00 bits per heavy atom. The number of imidazole rings is 1. The van der Waals surface area contributed by atoms with E-state index in [4.69, 9.17) is 23.2 Å². The highest BCUT2D eigenvalue weighted by molar-refractivity contribution is 6.35. The van der Waals surface area contributed by atoms with Crippen LogP contribution < -0.4 is 0 Å². The van der Waals surface area contributed by atoms with Gasteiger partial charge in [0.25, 0.3) is 0 Å². The van der Waals surface area contributed by atoms with Gasteiger partial charge in [-0.15, -0.1) is 0 Å². The van der Waals surface area contributed by atoms with E-state index < -0.39 is 6.10 Å². The van der Waals surface area contributed by atoms with Crippen LogP contribution in [0.15, 0.2) is 30.6 Å². The van der Waals surface area contributed by atoms with Gasteiger partial charge in [0.2, 0.25) is 0 Å². The maximum Gasteiger partial charge on any atom is 0.137 e. The van der Waals surface area contributed by atoms with E-state index in [0.717, 1.165) is 12.1 Å². The minimum Gasteiger partial charge on any atom is -0.385 e. The molecule has 1 N–H and O–H groups in total. The third kappa shape index (κ3) is 2.69. The Labute approximate surface area is 116 Å². The zero-order valence-corrected chi connectivity index (χ0v) is 11.5. The average molecular weight is 285 g/mol. The van der Waals surface area contributed by atoms with Gasteiger partial charge in [0.05, 0.1) is 0 Å². The molecule has 0 bridgehead atoms. The second kappa shape index (κ2) is 5.74. The van der Waals surface area contributed by atoms with Gasteiger partial charge in [-0.05, 0) is 24.6 Å². The summed E-state index contributed by atoms with van der Waals surface area (Å²) < 4.78 is 1.90. The lowest BCUT2D eigenvalue weighted by molar-refractivity contribution is 0.164. The number of hydrogen-bond donors (Lipinski definition) is 1. The Balaban J connectivity index is 2.24. The van der Waals surface area contributed by atoms with Crippen LogP contribution in [0.25, 0.3) is 0 Å². The van der Waals surface area contributed by atoms with Crippen molar-refractivity contribution in [1.29, 1.82) is 0 Å². The predicted molar refractivity (Wildman–Crippen MR) is 73.0 cm³/mol. The fraction of sp³-hybridized carbons (Fsp3) is 0.308. The van der Waals surface area contributed by atoms with Crippen LogP contribution in [0.2, 0.25) is 10.0 Å². The van der Waals surface area contributed by atoms with E-state index in [1.165, 1.54) is 0 Å². The van der Waals surface area contributed by atoms with Crippen LogP contribution in [0.5, 0.6) is 0 Å². The average Bonchev–Trinajstić information content (AvgIpc) is 2.82. The first kappa shape index (κ1) is 13.4. The van der Waals surface area contributed by atoms with Crippen LogP contribution in [0.1, 0.15) is 24.4 Å². The molecule has 1 unspecified atom stereocenters. The first-order chi connectivity index (χ1) is 8.63. The summed E-state index contributed by atoms with van der Waals surface area (Å²) in [5.74, 6) is 0.633. The molecule has 1 heterocycles. The predicted octanol–water partition coefficient (Wildman–Crippen LogP) is 3.49. The van der Waals surface area contributed by atoms with Crippen LogP contribution in [-0.2, 0) is 13.0 Å². The van der Waals surface area contributed by atoms with E-state index >= 15 is 0 Å². The Hall–Kier alpha value is -1.03. The van der Waals surface area contributed by atoms with E-state index in [9.17, 15) is 5.11 Å². The quantitative estimate of drug-likeness (QED) is 0.933. The highest BCUT2D eigenvalue weighted by Gasteiger charge is 2.17. The number of benzene rings is 1. The smallest absolute Gasteiger partial charge is 0.137 e. The summed E-state index contributed by atoms with van der Waals surface area (Å²) in [5, 5.41) is 11.4. The minimum atomic E-state index is -0.711. The van der Waals surface area contributed by atoms with Crippen molar-refractivity contribution in [2.75, 3.05) is 0 Å². The molecule has 0 aliphatic rings. The van der Waals surface area contributed by atoms with Gasteiger partial charge in [-0.1, -0.05) is 29.3 Å². The molecule has 0 fully saturated rings. The molecule has 1 atom stereocenters. The standard InChI is InChI=1S/C13H14Cl2N2O/c1-2-17-7-6-16-13(17)12(18)8-9-10(14)4-3-5-11(9)15/h3-7,12,18H,2,8H2,1H3. The number of aliphatic hydroxyl groups is 1. The number of aliphatic hydroxyl groups excluding tert-OH is 1. The highest BCUT2D eigenvalue weighted by Crippen LogP contribution is 2.28. The molecule has 2 aromatic rings. The van der Waals surface area contributed by atoms with Crippen molar-refractivity contribution in [3.05, 3.63) is 52.0 Å². The summed E-state index contributed by atoms with van der Waals surface area (Å²) in [6.45, 7) is 2.77. The van der Waals surface area contributed by atoms with Crippen LogP contribution >= 0.6 is 23.2 Å². The van der Waals surface area contributed by atoms with Crippen LogP contribution in [0.4, 0.5) is 0 Å². The van der Waals surface area contributed by atoms with Gasteiger partial charge in [0, 0.05) is 35.4 Å². The summed E-state index contributed by atoms with van der Waals surface area (Å²) in [5.41, 5.74) is 0.749. The number of hydrogen-bond acceptors (Lipinski definition) is 2. The van der Waals surface area contributed by atoms with E-state index in [2.05, 4.69) is 4.98 Å². The SMILES string of the molecule is CCn1ccnc1C(O)Cc1c(Cl)cccc1Cl. The molecular formula is C13H14Cl2N2O. The van der Waals surface area contributed by atoms with Crippen molar-refractivity contribution in [2.24, 2.45) is 0 Å². The van der Waals surface area contributed by atoms with Gasteiger partial charge in [0.1, 0.15) is 11.9 Å². The second-order valence-corrected chi connectivity index (χ2v) is 4.81. The van der Waals surface area contributed by atoms with Crippen molar-refractivity contribution in [3.63, 3.8) is 0 Å². The normalized spacial score (nSPS) is 12.7. The maximum atomic E-state index is 10.2. The molecule has 0 aliphatic carbocycles. The zero-order valence-electron chi connectivity index (χ0n) is 9.98. The Morgan fingerprint density at radius 1 is 1.33 bits per heavy atom. The summed E-state index contributed by atoms with van der Waals surface area (Å²) in [6.07, 6.45) is 3.16. The Morgan fingerprint density at radius 3 is 2.61 bits per heavy atom. The van der Waals surface area contributed by atoms with Gasteiger partial charge < -0.3 is 9.67 Å². The molecule has 1 aromatic carbocycles. The third-order valence-corrected chi connectivity index (χ3v) is 3.55. The number of aryl methyl sites for hydroxylation is 1. The lowest BCUT2D eigenvalue weighted by Crippen LogP contribution is -2.10. The molecule has 0 saturated heterocycles. The van der Waals surface area contributed by atoms with Gasteiger partial charge in [0.15, 0.2) is 0 Å². The van der Waals surface area contributed by atoms with Crippen molar-refractivity contribution in [2.45, 2.75) is 26.0 Å². The van der Waals surface area contributed by atoms with Crippen molar-refractivity contribution >= 4 is 23.2 Å². The maximum absolute atomic E-state index is 10.2. The second-order valence-electron chi connectivity index (χ2n) is 3.99. The largest absolute Gasteiger partial charge is 0.385 e. The molecule has 1 aromatic heterocycles. The Bertz CT molecular complexity index is 519. The topological polar surface area (TPSA) is 38.0 Å². The molecule has 0 amide bonds. The summed E-state index contributed by atoms with van der Waals surface area (Å²) in [7, 11) is 0. The lowest BCUT2D eigenvalue weighted by Gasteiger charge is -2.14. The fourth-order valence-electron chi connectivity index (χ4n) is 1.90. The monoisotopic (exact) mass is 284 g/mol. The highest BCUT2D eigenvalue weighted by atomic mass is 35.5. The third-order valence-electron chi connectivity index (χ3n) is 2.85. The molecule has 3 nitrogen and oxygen atoms in total. The first-order valence-electron chi connectivity index (χ1n) is 5.75. The van der Waals surface area contributed by atoms with E-state index in [1.807, 2.05) is 17.7 Å². The van der Waals surface area contributed by atoms with Crippen molar-refractivity contribution < 1.29 is 5.11 Å². The molecule has 2 rings (SSSR count). The molecule has 0 saturated carbocycles. The van der Waals surface area contributed by atoms with E-state index in [1.54, 1.807) is 24.4 Å². The summed E-state index contributed by atoms with van der Waals surface area (Å²) in [6, 6.07) is 5.32. The molecule has 5 heteroatoms. The van der Waals surface area contributed by atoms with Gasteiger partial charge in [-0.2, -0.15) is 0 Å². The number of aromatic nitrogens is 2. The number of halogens is 2. The molecule has 0 radical (unpaired) electrons. The Kier molecular flexibility index (Phi) is 4.27. The van der Waals surface area contributed by atoms with Crippen LogP contribution in [0.3, 0.4) is 0 Å². The molecule has 18 heavy (non-hydrogen) atoms. The first-order valence-corrected chi connectivity index (χ1v) is 6.51. The van der Waals surface area contributed by atoms with E-state index in [0.29, 0.717) is 22.3 Å². The van der Waals surface area contributed by atoms with Crippen molar-refractivity contribution in [3.8, 4) is 0 Å². The zero-order chi connectivity index (χ0) is 13.1. The van der Waals surface area contributed by atoms with Crippen LogP contribution in [-0.4, -0.2) is 14.7 Å². The summed E-state index contributed by atoms with van der Waals surface area (Å²) >= 11 is 12.2. The van der Waals surface area contributed by atoms with Crippen LogP contribution in [0, 0.1) is 0 Å². The molecule has 0 spiro atoms. The lowest BCUT2D eigenvalue weighted by atomic mass is 10.1. The number of nitrogens with zero attached hydrogens (tertiary/aromatic N) is 2. The molecular weight excluding hydrogens is 271 g/mol. The molecule has 0 aliphatic heterocycles. The van der Waals surface area contributed by atoms with Gasteiger partial charge >= 0.3 is 0 Å². The van der Waals surface area contributed by atoms with Crippen molar-refractivity contribution in [1.82, 2.24) is 9.55 Å². The van der Waals surface area contributed by atoms with Gasteiger partial charge in [-0.3, -0.25) is 0 Å². The fourth-order valence-corrected chi connectivity index (χ4v) is 2.45. The van der Waals surface area contributed by atoms with Gasteiger partial charge in [-0.25, -0.2) is 4.98 Å².